The van der Waals surface area contributed by atoms with Gasteiger partial charge in [0.1, 0.15) is 0 Å². The van der Waals surface area contributed by atoms with Gasteiger partial charge in [-0.1, -0.05) is 23.7 Å². The number of hydrogen-bond acceptors (Lipinski definition) is 4. The van der Waals surface area contributed by atoms with Crippen molar-refractivity contribution in [3.05, 3.63) is 59.1 Å². The van der Waals surface area contributed by atoms with Crippen LogP contribution in [-0.2, 0) is 9.84 Å². The molecule has 0 heterocycles. The number of sulfone groups is 1. The molecule has 1 atom stereocenters. The number of rotatable bonds is 6. The van der Waals surface area contributed by atoms with Crippen molar-refractivity contribution in [3.8, 4) is 0 Å². The van der Waals surface area contributed by atoms with E-state index in [-0.39, 0.29) is 6.54 Å². The van der Waals surface area contributed by atoms with E-state index in [0.29, 0.717) is 16.3 Å². The van der Waals surface area contributed by atoms with Crippen molar-refractivity contribution in [2.75, 3.05) is 11.9 Å². The minimum Gasteiger partial charge on any atom is -0.387 e. The van der Waals surface area contributed by atoms with Crippen molar-refractivity contribution in [1.29, 1.82) is 0 Å². The smallest absolute Gasteiger partial charge is 0.341 e. The predicted molar refractivity (Wildman–Crippen MR) is 84.5 cm³/mol. The second-order valence-electron chi connectivity index (χ2n) is 4.78. The molecule has 0 saturated heterocycles. The number of aliphatic hydroxyl groups is 1. The molecule has 0 spiro atoms. The number of aliphatic hydroxyl groups excluding tert-OH is 1. The highest BCUT2D eigenvalue weighted by Crippen LogP contribution is 2.21. The average molecular weight is 362 g/mol. The topological polar surface area (TPSA) is 66.4 Å². The largest absolute Gasteiger partial charge is 0.387 e. The standard InChI is InChI=1S/C15H14ClF2NO3S/c16-11-3-1-10(2-4-11)14(20)9-19-12-5-7-13(8-6-12)23(21,22)15(17)18/h1-8,14-15,19-20H,9H2. The molecule has 0 radical (unpaired) electrons. The number of hydrogen-bond donors (Lipinski definition) is 2. The Morgan fingerprint density at radius 3 is 2.13 bits per heavy atom. The SMILES string of the molecule is O=S(=O)(c1ccc(NCC(O)c2ccc(Cl)cc2)cc1)C(F)F. The first-order valence-electron chi connectivity index (χ1n) is 6.60. The van der Waals surface area contributed by atoms with Gasteiger partial charge in [0.25, 0.3) is 0 Å². The van der Waals surface area contributed by atoms with E-state index in [1.165, 1.54) is 12.1 Å². The van der Waals surface area contributed by atoms with Crippen LogP contribution in [0.3, 0.4) is 0 Å². The van der Waals surface area contributed by atoms with E-state index in [4.69, 9.17) is 11.6 Å². The van der Waals surface area contributed by atoms with E-state index in [2.05, 4.69) is 5.32 Å². The number of benzene rings is 2. The van der Waals surface area contributed by atoms with E-state index in [9.17, 15) is 22.3 Å². The summed E-state index contributed by atoms with van der Waals surface area (Å²) in [5.41, 5.74) is 1.17. The van der Waals surface area contributed by atoms with Crippen molar-refractivity contribution in [2.45, 2.75) is 16.8 Å². The minimum absolute atomic E-state index is 0.169. The molecule has 0 aliphatic rings. The third kappa shape index (κ3) is 4.40. The molecule has 2 aromatic rings. The quantitative estimate of drug-likeness (QED) is 0.826. The highest BCUT2D eigenvalue weighted by molar-refractivity contribution is 7.91. The monoisotopic (exact) mass is 361 g/mol. The van der Waals surface area contributed by atoms with Crippen LogP contribution in [0.25, 0.3) is 0 Å². The number of halogens is 3. The zero-order valence-electron chi connectivity index (χ0n) is 11.8. The van der Waals surface area contributed by atoms with Crippen molar-refractivity contribution in [1.82, 2.24) is 0 Å². The Kier molecular flexibility index (Phi) is 5.56. The molecule has 0 amide bonds. The molecular weight excluding hydrogens is 348 g/mol. The third-order valence-corrected chi connectivity index (χ3v) is 4.82. The maximum absolute atomic E-state index is 12.4. The van der Waals surface area contributed by atoms with Gasteiger partial charge in [0.15, 0.2) is 0 Å². The van der Waals surface area contributed by atoms with Crippen molar-refractivity contribution in [3.63, 3.8) is 0 Å². The van der Waals surface area contributed by atoms with Crippen LogP contribution < -0.4 is 5.32 Å². The van der Waals surface area contributed by atoms with Crippen LogP contribution in [0.1, 0.15) is 11.7 Å². The Morgan fingerprint density at radius 1 is 1.04 bits per heavy atom. The van der Waals surface area contributed by atoms with Gasteiger partial charge in [-0.05, 0) is 42.0 Å². The fourth-order valence-corrected chi connectivity index (χ4v) is 2.73. The van der Waals surface area contributed by atoms with Gasteiger partial charge in [0.05, 0.1) is 11.0 Å². The van der Waals surface area contributed by atoms with E-state index >= 15 is 0 Å². The highest BCUT2D eigenvalue weighted by atomic mass is 35.5. The molecule has 2 rings (SSSR count). The summed E-state index contributed by atoms with van der Waals surface area (Å²) in [5.74, 6) is -3.45. The fraction of sp³-hybridized carbons (Fsp3) is 0.200. The molecule has 4 nitrogen and oxygen atoms in total. The van der Waals surface area contributed by atoms with Crippen molar-refractivity contribution < 1.29 is 22.3 Å². The molecule has 8 heteroatoms. The molecule has 0 saturated carbocycles. The third-order valence-electron chi connectivity index (χ3n) is 3.17. The Morgan fingerprint density at radius 2 is 1.61 bits per heavy atom. The van der Waals surface area contributed by atoms with Crippen LogP contribution in [0.4, 0.5) is 14.5 Å². The Balaban J connectivity index is 2.00. The molecule has 0 aliphatic carbocycles. The average Bonchev–Trinajstić information content (AvgIpc) is 2.53. The molecule has 124 valence electrons. The number of nitrogens with one attached hydrogen (secondary N) is 1. The van der Waals surface area contributed by atoms with Gasteiger partial charge in [0, 0.05) is 17.3 Å². The zero-order valence-corrected chi connectivity index (χ0v) is 13.4. The molecule has 23 heavy (non-hydrogen) atoms. The summed E-state index contributed by atoms with van der Waals surface area (Å²) in [6.45, 7) is 0.169. The lowest BCUT2D eigenvalue weighted by Crippen LogP contribution is -2.13. The van der Waals surface area contributed by atoms with Crippen molar-refractivity contribution >= 4 is 27.1 Å². The summed E-state index contributed by atoms with van der Waals surface area (Å²) in [4.78, 5) is -0.448. The van der Waals surface area contributed by atoms with E-state index in [1.54, 1.807) is 24.3 Å². The van der Waals surface area contributed by atoms with Gasteiger partial charge in [-0.2, -0.15) is 8.78 Å². The maximum Gasteiger partial charge on any atom is 0.341 e. The normalized spacial score (nSPS) is 13.1. The Hall–Kier alpha value is -1.70. The first kappa shape index (κ1) is 17.7. The summed E-state index contributed by atoms with van der Waals surface area (Å²) in [6, 6.07) is 11.6. The molecule has 1 unspecified atom stereocenters. The van der Waals surface area contributed by atoms with Gasteiger partial charge >= 0.3 is 5.76 Å². The van der Waals surface area contributed by atoms with Crippen LogP contribution in [-0.4, -0.2) is 25.8 Å². The molecule has 2 N–H and O–H groups in total. The second kappa shape index (κ2) is 7.25. The number of alkyl halides is 2. The summed E-state index contributed by atoms with van der Waals surface area (Å²) in [5, 5.41) is 13.5. The summed E-state index contributed by atoms with van der Waals surface area (Å²) >= 11 is 5.76. The van der Waals surface area contributed by atoms with Gasteiger partial charge in [0.2, 0.25) is 9.84 Å². The van der Waals surface area contributed by atoms with Gasteiger partial charge in [-0.3, -0.25) is 0 Å². The lowest BCUT2D eigenvalue weighted by molar-refractivity contribution is 0.191. The van der Waals surface area contributed by atoms with E-state index in [0.717, 1.165) is 12.1 Å². The molecule has 0 aromatic heterocycles. The van der Waals surface area contributed by atoms with Crippen LogP contribution in [0.15, 0.2) is 53.4 Å². The summed E-state index contributed by atoms with van der Waals surface area (Å²) in [6.07, 6.45) is -0.795. The highest BCUT2D eigenvalue weighted by Gasteiger charge is 2.26. The van der Waals surface area contributed by atoms with Crippen LogP contribution in [0.2, 0.25) is 5.02 Å². The first-order valence-corrected chi connectivity index (χ1v) is 8.52. The van der Waals surface area contributed by atoms with Crippen LogP contribution in [0.5, 0.6) is 0 Å². The summed E-state index contributed by atoms with van der Waals surface area (Å²) < 4.78 is 47.4. The van der Waals surface area contributed by atoms with Crippen LogP contribution in [0, 0.1) is 0 Å². The maximum atomic E-state index is 12.4. The molecular formula is C15H14ClF2NO3S. The second-order valence-corrected chi connectivity index (χ2v) is 7.13. The lowest BCUT2D eigenvalue weighted by atomic mass is 10.1. The first-order chi connectivity index (χ1) is 10.8. The van der Waals surface area contributed by atoms with E-state index < -0.39 is 26.6 Å². The minimum atomic E-state index is -4.59. The molecule has 0 aliphatic heterocycles. The predicted octanol–water partition coefficient (Wildman–Crippen LogP) is 3.48. The van der Waals surface area contributed by atoms with Crippen molar-refractivity contribution in [2.24, 2.45) is 0 Å². The van der Waals surface area contributed by atoms with Crippen LogP contribution >= 0.6 is 11.6 Å². The number of anilines is 1. The zero-order chi connectivity index (χ0) is 17.0. The molecule has 2 aromatic carbocycles. The van der Waals surface area contributed by atoms with Gasteiger partial charge in [-0.25, -0.2) is 8.42 Å². The molecule has 0 fully saturated rings. The molecule has 0 bridgehead atoms. The van der Waals surface area contributed by atoms with E-state index in [1.807, 2.05) is 0 Å². The van der Waals surface area contributed by atoms with Gasteiger partial charge < -0.3 is 10.4 Å². The summed E-state index contributed by atoms with van der Waals surface area (Å²) in [7, 11) is -4.59. The lowest BCUT2D eigenvalue weighted by Gasteiger charge is -2.13. The Labute approximate surface area is 137 Å². The van der Waals surface area contributed by atoms with Gasteiger partial charge in [-0.15, -0.1) is 0 Å². The Bertz CT molecular complexity index is 749. The fourth-order valence-electron chi connectivity index (χ4n) is 1.88.